The van der Waals surface area contributed by atoms with Gasteiger partial charge in [-0.2, -0.15) is 4.99 Å². The number of nitrogens with two attached hydrogens (primary N) is 1. The van der Waals surface area contributed by atoms with Crippen LogP contribution < -0.4 is 15.8 Å². The van der Waals surface area contributed by atoms with Gasteiger partial charge in [-0.3, -0.25) is 0 Å². The Bertz CT molecular complexity index is 721. The number of likely N-dealkylation sites (tertiary alicyclic amines) is 1. The summed E-state index contributed by atoms with van der Waals surface area (Å²) in [4.78, 5) is 11.4. The Morgan fingerprint density at radius 1 is 1.26 bits per heavy atom. The Morgan fingerprint density at radius 3 is 2.83 bits per heavy atom. The van der Waals surface area contributed by atoms with Gasteiger partial charge in [-0.25, -0.2) is 4.99 Å². The van der Waals surface area contributed by atoms with Crippen LogP contribution in [0.5, 0.6) is 5.75 Å². The summed E-state index contributed by atoms with van der Waals surface area (Å²) in [6, 6.07) is 6.58. The van der Waals surface area contributed by atoms with Gasteiger partial charge in [0.1, 0.15) is 11.8 Å². The largest absolute Gasteiger partial charge is 0.479 e. The molecule has 3 N–H and O–H groups in total. The lowest BCUT2D eigenvalue weighted by atomic mass is 10.0. The van der Waals surface area contributed by atoms with Crippen molar-refractivity contribution in [3.8, 4) is 5.75 Å². The molecule has 4 atom stereocenters. The number of nitrogens with one attached hydrogen (secondary N) is 1. The summed E-state index contributed by atoms with van der Waals surface area (Å²) < 4.78 is 6.16. The lowest BCUT2D eigenvalue weighted by molar-refractivity contribution is 0.222. The standard InChI is InChI=1S/C16H18ClN5O/c17-8-1-4-12-11(5-8)13-14(23-12)15(21-16(18)20-13)22-6-9-2-3-10(7-22)19-9/h1,4-5,9-10,13-14,19H,2-3,6-7H2,(H2,18,20). The highest BCUT2D eigenvalue weighted by Gasteiger charge is 2.44. The molecule has 0 amide bonds. The van der Waals surface area contributed by atoms with Crippen molar-refractivity contribution in [1.29, 1.82) is 0 Å². The first-order chi connectivity index (χ1) is 11.2. The quantitative estimate of drug-likeness (QED) is 0.751. The van der Waals surface area contributed by atoms with Gasteiger partial charge in [0.2, 0.25) is 5.96 Å². The molecule has 2 fully saturated rings. The Kier molecular flexibility index (Phi) is 2.87. The maximum atomic E-state index is 6.16. The van der Waals surface area contributed by atoms with Crippen molar-refractivity contribution < 1.29 is 4.74 Å². The smallest absolute Gasteiger partial charge is 0.217 e. The molecule has 0 radical (unpaired) electrons. The summed E-state index contributed by atoms with van der Waals surface area (Å²) in [5.41, 5.74) is 7.00. The fourth-order valence-corrected chi connectivity index (χ4v) is 4.32. The van der Waals surface area contributed by atoms with E-state index in [1.165, 1.54) is 12.8 Å². The van der Waals surface area contributed by atoms with E-state index in [0.29, 0.717) is 23.1 Å². The molecule has 0 saturated carbocycles. The summed E-state index contributed by atoms with van der Waals surface area (Å²) >= 11 is 6.14. The van der Waals surface area contributed by atoms with Crippen LogP contribution in [-0.2, 0) is 0 Å². The molecule has 4 aliphatic heterocycles. The Morgan fingerprint density at radius 2 is 2.04 bits per heavy atom. The average Bonchev–Trinajstić information content (AvgIpc) is 3.06. The van der Waals surface area contributed by atoms with Gasteiger partial charge in [0, 0.05) is 35.8 Å². The van der Waals surface area contributed by atoms with Gasteiger partial charge in [-0.15, -0.1) is 0 Å². The zero-order chi connectivity index (χ0) is 15.6. The highest BCUT2D eigenvalue weighted by Crippen LogP contribution is 2.43. The maximum absolute atomic E-state index is 6.16. The number of piperazine rings is 1. The topological polar surface area (TPSA) is 75.2 Å². The molecule has 1 aromatic carbocycles. The third-order valence-corrected chi connectivity index (χ3v) is 5.36. The van der Waals surface area contributed by atoms with Crippen molar-refractivity contribution in [2.75, 3.05) is 13.1 Å². The first-order valence-electron chi connectivity index (χ1n) is 8.06. The molecule has 23 heavy (non-hydrogen) atoms. The van der Waals surface area contributed by atoms with Crippen LogP contribution in [0.3, 0.4) is 0 Å². The molecule has 7 heteroatoms. The molecule has 0 spiro atoms. The van der Waals surface area contributed by atoms with E-state index in [2.05, 4.69) is 20.2 Å². The summed E-state index contributed by atoms with van der Waals surface area (Å²) in [7, 11) is 0. The Balaban J connectivity index is 1.51. The number of aliphatic imine (C=N–C) groups is 2. The second-order valence-corrected chi connectivity index (χ2v) is 7.10. The number of amidine groups is 1. The molecule has 0 aliphatic carbocycles. The van der Waals surface area contributed by atoms with E-state index in [9.17, 15) is 0 Å². The molecule has 1 aromatic rings. The highest BCUT2D eigenvalue weighted by molar-refractivity contribution is 6.30. The van der Waals surface area contributed by atoms with E-state index in [-0.39, 0.29) is 12.1 Å². The van der Waals surface area contributed by atoms with Crippen LogP contribution in [-0.4, -0.2) is 48.0 Å². The first-order valence-corrected chi connectivity index (χ1v) is 8.44. The molecule has 4 aliphatic rings. The van der Waals surface area contributed by atoms with Gasteiger partial charge in [-0.05, 0) is 31.0 Å². The molecule has 2 bridgehead atoms. The zero-order valence-electron chi connectivity index (χ0n) is 12.6. The molecular formula is C16H18ClN5O. The molecule has 6 nitrogen and oxygen atoms in total. The summed E-state index contributed by atoms with van der Waals surface area (Å²) in [5.74, 6) is 2.06. The number of fused-ring (bicyclic) bond motifs is 5. The van der Waals surface area contributed by atoms with Crippen LogP contribution in [0.15, 0.2) is 28.2 Å². The second kappa shape index (κ2) is 4.85. The summed E-state index contributed by atoms with van der Waals surface area (Å²) in [5, 5.41) is 4.32. The van der Waals surface area contributed by atoms with Crippen LogP contribution >= 0.6 is 11.6 Å². The number of rotatable bonds is 0. The lowest BCUT2D eigenvalue weighted by Gasteiger charge is -2.38. The van der Waals surface area contributed by atoms with Crippen LogP contribution in [0.4, 0.5) is 0 Å². The summed E-state index contributed by atoms with van der Waals surface area (Å²) in [6.07, 6.45) is 2.25. The van der Waals surface area contributed by atoms with Crippen molar-refractivity contribution in [3.63, 3.8) is 0 Å². The fraction of sp³-hybridized carbons (Fsp3) is 0.500. The minimum Gasteiger partial charge on any atom is -0.479 e. The van der Waals surface area contributed by atoms with Crippen molar-refractivity contribution in [1.82, 2.24) is 10.2 Å². The van der Waals surface area contributed by atoms with Crippen LogP contribution in [0.1, 0.15) is 24.4 Å². The number of nitrogens with zero attached hydrogens (tertiary/aromatic N) is 3. The van der Waals surface area contributed by atoms with Crippen molar-refractivity contribution >= 4 is 23.4 Å². The normalized spacial score (nSPS) is 34.4. The monoisotopic (exact) mass is 331 g/mol. The number of halogens is 1. The second-order valence-electron chi connectivity index (χ2n) is 6.67. The maximum Gasteiger partial charge on any atom is 0.217 e. The van der Waals surface area contributed by atoms with Crippen LogP contribution in [0.25, 0.3) is 0 Å². The fourth-order valence-electron chi connectivity index (χ4n) is 4.14. The van der Waals surface area contributed by atoms with Crippen molar-refractivity contribution in [2.24, 2.45) is 15.7 Å². The van der Waals surface area contributed by atoms with E-state index in [1.54, 1.807) is 0 Å². The predicted octanol–water partition coefficient (Wildman–Crippen LogP) is 1.31. The minimum absolute atomic E-state index is 0.149. The number of hydrogen-bond acceptors (Lipinski definition) is 6. The Hall–Kier alpha value is -1.79. The van der Waals surface area contributed by atoms with E-state index in [0.717, 1.165) is 30.2 Å². The van der Waals surface area contributed by atoms with Crippen LogP contribution in [0, 0.1) is 0 Å². The SMILES string of the molecule is NC1=NC2c3cc(Cl)ccc3OC2C(N2CC3CCC(C2)N3)=N1. The van der Waals surface area contributed by atoms with Gasteiger partial charge in [0.05, 0.1) is 0 Å². The third-order valence-electron chi connectivity index (χ3n) is 5.13. The van der Waals surface area contributed by atoms with E-state index in [1.807, 2.05) is 18.2 Å². The van der Waals surface area contributed by atoms with Crippen molar-refractivity contribution in [2.45, 2.75) is 37.1 Å². The average molecular weight is 332 g/mol. The first kappa shape index (κ1) is 13.6. The molecular weight excluding hydrogens is 314 g/mol. The highest BCUT2D eigenvalue weighted by atomic mass is 35.5. The molecule has 5 rings (SSSR count). The van der Waals surface area contributed by atoms with E-state index in [4.69, 9.17) is 22.1 Å². The molecule has 2 saturated heterocycles. The van der Waals surface area contributed by atoms with E-state index >= 15 is 0 Å². The van der Waals surface area contributed by atoms with Gasteiger partial charge in [0.25, 0.3) is 0 Å². The van der Waals surface area contributed by atoms with E-state index < -0.39 is 0 Å². The van der Waals surface area contributed by atoms with Gasteiger partial charge < -0.3 is 20.7 Å². The van der Waals surface area contributed by atoms with Crippen LogP contribution in [0.2, 0.25) is 5.02 Å². The Labute approximate surface area is 139 Å². The molecule has 0 aromatic heterocycles. The number of guanidine groups is 1. The predicted molar refractivity (Wildman–Crippen MR) is 89.2 cm³/mol. The van der Waals surface area contributed by atoms with Crippen molar-refractivity contribution in [3.05, 3.63) is 28.8 Å². The summed E-state index contributed by atoms with van der Waals surface area (Å²) in [6.45, 7) is 1.90. The van der Waals surface area contributed by atoms with Gasteiger partial charge in [0.15, 0.2) is 11.9 Å². The third kappa shape index (κ3) is 2.12. The minimum atomic E-state index is -0.201. The molecule has 4 unspecified atom stereocenters. The van der Waals surface area contributed by atoms with Gasteiger partial charge >= 0.3 is 0 Å². The lowest BCUT2D eigenvalue weighted by Crippen LogP contribution is -2.57. The number of benzene rings is 1. The zero-order valence-corrected chi connectivity index (χ0v) is 13.3. The number of hydrogen-bond donors (Lipinski definition) is 2. The number of ether oxygens (including phenoxy) is 1. The molecule has 4 heterocycles. The molecule has 120 valence electrons. The van der Waals surface area contributed by atoms with Gasteiger partial charge in [-0.1, -0.05) is 11.6 Å².